The van der Waals surface area contributed by atoms with E-state index < -0.39 is 0 Å². The van der Waals surface area contributed by atoms with E-state index in [9.17, 15) is 0 Å². The second-order valence-corrected chi connectivity index (χ2v) is 12.6. The fraction of sp³-hybridized carbons (Fsp3) is 0.136. The Hall–Kier alpha value is -4.94. The highest BCUT2D eigenvalue weighted by Gasteiger charge is 2.24. The fourth-order valence-electron chi connectivity index (χ4n) is 8.11. The molecule has 0 fully saturated rings. The topological polar surface area (TPSA) is 0 Å². The summed E-state index contributed by atoms with van der Waals surface area (Å²) in [6.45, 7) is 0. The number of rotatable bonds is 3. The summed E-state index contributed by atoms with van der Waals surface area (Å²) in [6, 6.07) is 23.0. The highest BCUT2D eigenvalue weighted by atomic mass is 14.3. The maximum atomic E-state index is 2.51. The van der Waals surface area contributed by atoms with E-state index >= 15 is 0 Å². The molecule has 9 rings (SSSR count). The van der Waals surface area contributed by atoms with Gasteiger partial charge in [0.1, 0.15) is 0 Å². The van der Waals surface area contributed by atoms with Crippen LogP contribution < -0.4 is 10.4 Å². The molecule has 4 aromatic rings. The first kappa shape index (κ1) is 25.5. The molecule has 44 heavy (non-hydrogen) atoms. The maximum Gasteiger partial charge on any atom is 0.00617 e. The predicted octanol–water partition coefficient (Wildman–Crippen LogP) is 9.93. The normalized spacial score (nSPS) is 21.4. The zero-order chi connectivity index (χ0) is 29.0. The van der Waals surface area contributed by atoms with Crippen LogP contribution in [0.3, 0.4) is 0 Å². The van der Waals surface area contributed by atoms with Crippen molar-refractivity contribution in [2.75, 3.05) is 0 Å². The first-order valence-electron chi connectivity index (χ1n) is 16.1. The molecule has 0 N–H and O–H groups in total. The Kier molecular flexibility index (Phi) is 6.01. The van der Waals surface area contributed by atoms with E-state index in [4.69, 9.17) is 0 Å². The summed E-state index contributed by atoms with van der Waals surface area (Å²) in [4.78, 5) is 0. The van der Waals surface area contributed by atoms with Crippen molar-refractivity contribution in [2.45, 2.75) is 25.7 Å². The van der Waals surface area contributed by atoms with Crippen LogP contribution in [0.5, 0.6) is 0 Å². The van der Waals surface area contributed by atoms with Crippen LogP contribution in [-0.2, 0) is 0 Å². The average Bonchev–Trinajstić information content (AvgIpc) is 3.10. The Morgan fingerprint density at radius 2 is 0.977 bits per heavy atom. The number of allylic oxidation sites excluding steroid dienone is 16. The maximum absolute atomic E-state index is 2.51. The summed E-state index contributed by atoms with van der Waals surface area (Å²) >= 11 is 0. The molecular weight excluding hydrogens is 528 g/mol. The van der Waals surface area contributed by atoms with E-state index in [1.807, 2.05) is 0 Å². The van der Waals surface area contributed by atoms with Crippen LogP contribution in [0.15, 0.2) is 145 Å². The first-order chi connectivity index (χ1) is 21.8. The van der Waals surface area contributed by atoms with Gasteiger partial charge in [0.15, 0.2) is 0 Å². The lowest BCUT2D eigenvalue weighted by atomic mass is 9.78. The quantitative estimate of drug-likeness (QED) is 0.233. The Balaban J connectivity index is 1.28. The zero-order valence-electron chi connectivity index (χ0n) is 24.8. The van der Waals surface area contributed by atoms with Crippen molar-refractivity contribution in [3.8, 4) is 11.1 Å². The number of fused-ring (bicyclic) bond motifs is 5. The third kappa shape index (κ3) is 4.05. The van der Waals surface area contributed by atoms with Gasteiger partial charge < -0.3 is 0 Å². The SMILES string of the molecule is C1=CC2=CC=C(c3ccc(-c4c5c(c(C6=CC=C7C=CC=CC7C6)c6ccccc46)=CCCC=5)c4ccccc34)CC2C=C1. The van der Waals surface area contributed by atoms with Crippen LogP contribution >= 0.6 is 0 Å². The summed E-state index contributed by atoms with van der Waals surface area (Å²) in [6.07, 6.45) is 36.6. The smallest absolute Gasteiger partial charge is 0.00617 e. The molecule has 2 unspecified atom stereocenters. The van der Waals surface area contributed by atoms with Crippen molar-refractivity contribution < 1.29 is 0 Å². The van der Waals surface area contributed by atoms with Gasteiger partial charge in [-0.2, -0.15) is 0 Å². The fourth-order valence-corrected chi connectivity index (χ4v) is 8.11. The second-order valence-electron chi connectivity index (χ2n) is 12.6. The molecule has 0 bridgehead atoms. The molecule has 5 aliphatic carbocycles. The van der Waals surface area contributed by atoms with Crippen LogP contribution in [0.25, 0.3) is 56.0 Å². The highest BCUT2D eigenvalue weighted by Crippen LogP contribution is 2.42. The molecule has 0 spiro atoms. The summed E-state index contributed by atoms with van der Waals surface area (Å²) in [5, 5.41) is 8.22. The van der Waals surface area contributed by atoms with Crippen LogP contribution in [-0.4, -0.2) is 0 Å². The Labute approximate surface area is 259 Å². The molecule has 0 heteroatoms. The minimum Gasteiger partial charge on any atom is -0.0767 e. The summed E-state index contributed by atoms with van der Waals surface area (Å²) < 4.78 is 0. The molecule has 0 saturated carbocycles. The molecule has 0 aromatic heterocycles. The van der Waals surface area contributed by atoms with Crippen LogP contribution in [0.4, 0.5) is 0 Å². The Morgan fingerprint density at radius 1 is 0.455 bits per heavy atom. The number of benzene rings is 4. The highest BCUT2D eigenvalue weighted by molar-refractivity contribution is 6.11. The third-order valence-corrected chi connectivity index (χ3v) is 10.2. The van der Waals surface area contributed by atoms with E-state index in [1.165, 1.54) is 76.5 Å². The average molecular weight is 563 g/mol. The van der Waals surface area contributed by atoms with Gasteiger partial charge >= 0.3 is 0 Å². The molecule has 210 valence electrons. The lowest BCUT2D eigenvalue weighted by Crippen LogP contribution is -2.33. The van der Waals surface area contributed by atoms with Crippen LogP contribution in [0, 0.1) is 11.8 Å². The molecule has 5 aliphatic rings. The van der Waals surface area contributed by atoms with Gasteiger partial charge in [-0.25, -0.2) is 0 Å². The van der Waals surface area contributed by atoms with Crippen molar-refractivity contribution >= 4 is 44.8 Å². The molecule has 0 heterocycles. The van der Waals surface area contributed by atoms with Crippen molar-refractivity contribution in [3.63, 3.8) is 0 Å². The molecule has 4 aromatic carbocycles. The standard InChI is InChI=1S/C44H34/c1-3-13-31-27-33(23-21-29(31)11-1)35-25-26-42(37-16-6-5-15-36(35)37)44-40-19-9-7-17-38(40)43(39-18-8-10-20-41(39)44)34-24-22-30-12-2-4-14-32(30)28-34/h1-7,9,11-26,31-32H,8,10,27-28H2. The number of hydrogen-bond donors (Lipinski definition) is 0. The van der Waals surface area contributed by atoms with Gasteiger partial charge in [0.25, 0.3) is 0 Å². The van der Waals surface area contributed by atoms with Crippen molar-refractivity contribution in [1.82, 2.24) is 0 Å². The molecule has 2 atom stereocenters. The largest absolute Gasteiger partial charge is 0.0767 e. The summed E-state index contributed by atoms with van der Waals surface area (Å²) in [7, 11) is 0. The number of hydrogen-bond acceptors (Lipinski definition) is 0. The Morgan fingerprint density at radius 3 is 1.66 bits per heavy atom. The van der Waals surface area contributed by atoms with Crippen molar-refractivity contribution in [3.05, 3.63) is 166 Å². The Bertz CT molecular complexity index is 2270. The van der Waals surface area contributed by atoms with Crippen LogP contribution in [0.1, 0.15) is 36.8 Å². The molecule has 0 aliphatic heterocycles. The predicted molar refractivity (Wildman–Crippen MR) is 189 cm³/mol. The van der Waals surface area contributed by atoms with Gasteiger partial charge in [0.2, 0.25) is 0 Å². The lowest BCUT2D eigenvalue weighted by Gasteiger charge is -2.26. The summed E-state index contributed by atoms with van der Waals surface area (Å²) in [5.74, 6) is 0.922. The minimum absolute atomic E-state index is 0.457. The lowest BCUT2D eigenvalue weighted by molar-refractivity contribution is 0.793. The zero-order valence-corrected chi connectivity index (χ0v) is 24.8. The van der Waals surface area contributed by atoms with Gasteiger partial charge in [0.05, 0.1) is 0 Å². The van der Waals surface area contributed by atoms with Gasteiger partial charge in [0, 0.05) is 11.8 Å². The van der Waals surface area contributed by atoms with E-state index in [0.29, 0.717) is 11.8 Å². The van der Waals surface area contributed by atoms with Gasteiger partial charge in [-0.1, -0.05) is 146 Å². The van der Waals surface area contributed by atoms with Gasteiger partial charge in [-0.05, 0) is 102 Å². The van der Waals surface area contributed by atoms with Gasteiger partial charge in [-0.3, -0.25) is 0 Å². The van der Waals surface area contributed by atoms with Crippen molar-refractivity contribution in [2.24, 2.45) is 11.8 Å². The van der Waals surface area contributed by atoms with Crippen molar-refractivity contribution in [1.29, 1.82) is 0 Å². The third-order valence-electron chi connectivity index (χ3n) is 10.2. The van der Waals surface area contributed by atoms with Gasteiger partial charge in [-0.15, -0.1) is 0 Å². The molecule has 0 saturated heterocycles. The van der Waals surface area contributed by atoms with E-state index in [2.05, 4.69) is 146 Å². The van der Waals surface area contributed by atoms with E-state index in [0.717, 1.165) is 25.7 Å². The first-order valence-corrected chi connectivity index (χ1v) is 16.1. The second kappa shape index (κ2) is 10.4. The molecule has 0 radical (unpaired) electrons. The minimum atomic E-state index is 0.457. The van der Waals surface area contributed by atoms with Crippen LogP contribution in [0.2, 0.25) is 0 Å². The monoisotopic (exact) mass is 562 g/mol. The summed E-state index contributed by atoms with van der Waals surface area (Å²) in [5.41, 5.74) is 11.2. The van der Waals surface area contributed by atoms with E-state index in [-0.39, 0.29) is 0 Å². The molecule has 0 nitrogen and oxygen atoms in total. The molecular formula is C44H34. The molecule has 0 amide bonds. The van der Waals surface area contributed by atoms with E-state index in [1.54, 1.807) is 0 Å².